The van der Waals surface area contributed by atoms with Gasteiger partial charge in [0.25, 0.3) is 5.56 Å². The summed E-state index contributed by atoms with van der Waals surface area (Å²) in [6.45, 7) is 2.61. The van der Waals surface area contributed by atoms with Crippen LogP contribution in [-0.2, 0) is 12.1 Å². The zero-order valence-corrected chi connectivity index (χ0v) is 10.2. The Hall–Kier alpha value is -1.88. The van der Waals surface area contributed by atoms with E-state index in [9.17, 15) is 9.18 Å². The Morgan fingerprint density at radius 1 is 1.28 bits per heavy atom. The molecule has 5 heteroatoms. The van der Waals surface area contributed by atoms with E-state index in [4.69, 9.17) is 0 Å². The lowest BCUT2D eigenvalue weighted by Crippen LogP contribution is -2.37. The third kappa shape index (κ3) is 1.31. The summed E-state index contributed by atoms with van der Waals surface area (Å²) in [6.07, 6.45) is 0. The molecule has 0 saturated heterocycles. The van der Waals surface area contributed by atoms with Gasteiger partial charge in [-0.05, 0) is 31.7 Å². The van der Waals surface area contributed by atoms with Crippen molar-refractivity contribution in [3.63, 3.8) is 0 Å². The predicted molar refractivity (Wildman–Crippen MR) is 65.7 cm³/mol. The topological polar surface area (TPSA) is 51.9 Å². The van der Waals surface area contributed by atoms with Crippen molar-refractivity contribution in [3.05, 3.63) is 57.3 Å². The van der Waals surface area contributed by atoms with Gasteiger partial charge >= 0.3 is 0 Å². The van der Waals surface area contributed by atoms with E-state index < -0.39 is 5.54 Å². The van der Waals surface area contributed by atoms with Crippen LogP contribution in [0.15, 0.2) is 29.1 Å². The lowest BCUT2D eigenvalue weighted by atomic mass is 9.89. The second kappa shape index (κ2) is 3.55. The van der Waals surface area contributed by atoms with Gasteiger partial charge in [-0.1, -0.05) is 12.1 Å². The van der Waals surface area contributed by atoms with Gasteiger partial charge in [0.1, 0.15) is 5.82 Å². The Kier molecular flexibility index (Phi) is 2.22. The van der Waals surface area contributed by atoms with Gasteiger partial charge in [-0.3, -0.25) is 19.9 Å². The van der Waals surface area contributed by atoms with Gasteiger partial charge in [-0.15, -0.1) is 0 Å². The molecule has 1 aliphatic rings. The Balaban J connectivity index is 2.19. The fourth-order valence-corrected chi connectivity index (χ4v) is 2.68. The largest absolute Gasteiger partial charge is 0.300 e. The number of nitrogens with one attached hydrogen (secondary N) is 2. The van der Waals surface area contributed by atoms with Crippen molar-refractivity contribution in [1.82, 2.24) is 15.1 Å². The Morgan fingerprint density at radius 2 is 1.94 bits per heavy atom. The number of aromatic nitrogens is 2. The zero-order valence-electron chi connectivity index (χ0n) is 10.2. The number of nitrogens with zero attached hydrogens (tertiary/aromatic N) is 1. The summed E-state index contributed by atoms with van der Waals surface area (Å²) in [5.41, 5.74) is 2.07. The van der Waals surface area contributed by atoms with Crippen molar-refractivity contribution >= 4 is 0 Å². The van der Waals surface area contributed by atoms with Crippen molar-refractivity contribution in [1.29, 1.82) is 0 Å². The van der Waals surface area contributed by atoms with Gasteiger partial charge in [0.05, 0.1) is 16.8 Å². The molecule has 0 fully saturated rings. The van der Waals surface area contributed by atoms with E-state index in [-0.39, 0.29) is 11.4 Å². The molecule has 18 heavy (non-hydrogen) atoms. The Morgan fingerprint density at radius 3 is 2.61 bits per heavy atom. The molecular weight excluding hydrogens is 233 g/mol. The molecule has 0 saturated carbocycles. The molecule has 2 N–H and O–H groups in total. The molecule has 1 atom stereocenters. The average molecular weight is 247 g/mol. The van der Waals surface area contributed by atoms with E-state index in [1.807, 2.05) is 14.0 Å². The van der Waals surface area contributed by atoms with Crippen LogP contribution < -0.4 is 5.56 Å². The highest BCUT2D eigenvalue weighted by Crippen LogP contribution is 2.40. The van der Waals surface area contributed by atoms with Gasteiger partial charge in [-0.25, -0.2) is 4.39 Å². The van der Waals surface area contributed by atoms with E-state index in [0.717, 1.165) is 16.8 Å². The molecule has 1 aromatic heterocycles. The SMILES string of the molecule is CN1Cc2c([nH][nH]c2=O)C1(C)c1ccc(F)cc1. The van der Waals surface area contributed by atoms with Gasteiger partial charge in [-0.2, -0.15) is 0 Å². The molecule has 2 heterocycles. The highest BCUT2D eigenvalue weighted by Gasteiger charge is 2.43. The summed E-state index contributed by atoms with van der Waals surface area (Å²) < 4.78 is 13.0. The molecule has 2 aromatic rings. The predicted octanol–water partition coefficient (Wildman–Crippen LogP) is 1.55. The summed E-state index contributed by atoms with van der Waals surface area (Å²) in [6, 6.07) is 6.40. The minimum Gasteiger partial charge on any atom is -0.300 e. The lowest BCUT2D eigenvalue weighted by Gasteiger charge is -2.33. The highest BCUT2D eigenvalue weighted by atomic mass is 19.1. The van der Waals surface area contributed by atoms with Crippen LogP contribution in [0.2, 0.25) is 0 Å². The minimum absolute atomic E-state index is 0.0808. The third-order valence-corrected chi connectivity index (χ3v) is 3.93. The first-order valence-corrected chi connectivity index (χ1v) is 5.81. The smallest absolute Gasteiger partial charge is 0.268 e. The van der Waals surface area contributed by atoms with Crippen molar-refractivity contribution in [2.24, 2.45) is 0 Å². The monoisotopic (exact) mass is 247 g/mol. The first-order chi connectivity index (χ1) is 8.53. The van der Waals surface area contributed by atoms with Crippen LogP contribution >= 0.6 is 0 Å². The lowest BCUT2D eigenvalue weighted by molar-refractivity contribution is 0.195. The summed E-state index contributed by atoms with van der Waals surface area (Å²) in [5.74, 6) is -0.259. The standard InChI is InChI=1S/C13H14FN3O/c1-13(8-3-5-9(14)6-4-8)11-10(7-17(13)2)12(18)16-15-11/h3-6H,7H2,1-2H3,(H2,15,16,18). The molecule has 94 valence electrons. The molecule has 0 amide bonds. The minimum atomic E-state index is -0.428. The number of rotatable bonds is 1. The van der Waals surface area contributed by atoms with Crippen LogP contribution in [0.4, 0.5) is 4.39 Å². The van der Waals surface area contributed by atoms with Crippen molar-refractivity contribution in [2.75, 3.05) is 7.05 Å². The summed E-state index contributed by atoms with van der Waals surface area (Å²) >= 11 is 0. The van der Waals surface area contributed by atoms with Crippen molar-refractivity contribution < 1.29 is 4.39 Å². The Bertz CT molecular complexity index is 643. The second-order valence-electron chi connectivity index (χ2n) is 4.87. The zero-order chi connectivity index (χ0) is 12.9. The van der Waals surface area contributed by atoms with E-state index >= 15 is 0 Å². The van der Waals surface area contributed by atoms with Crippen LogP contribution in [0.1, 0.15) is 23.7 Å². The number of benzene rings is 1. The third-order valence-electron chi connectivity index (χ3n) is 3.93. The number of fused-ring (bicyclic) bond motifs is 1. The molecule has 0 aliphatic carbocycles. The molecule has 3 rings (SSSR count). The van der Waals surface area contributed by atoms with Gasteiger partial charge < -0.3 is 0 Å². The van der Waals surface area contributed by atoms with Crippen LogP contribution in [-0.4, -0.2) is 22.1 Å². The maximum Gasteiger partial charge on any atom is 0.268 e. The van der Waals surface area contributed by atoms with E-state index in [1.165, 1.54) is 12.1 Å². The van der Waals surface area contributed by atoms with Crippen LogP contribution in [0.5, 0.6) is 0 Å². The summed E-state index contributed by atoms with van der Waals surface area (Å²) in [7, 11) is 1.95. The molecule has 1 aromatic carbocycles. The first kappa shape index (κ1) is 11.2. The second-order valence-corrected chi connectivity index (χ2v) is 4.87. The van der Waals surface area contributed by atoms with Crippen LogP contribution in [0.3, 0.4) is 0 Å². The number of halogens is 1. The molecule has 0 radical (unpaired) electrons. The molecule has 1 aliphatic heterocycles. The number of hydrogen-bond acceptors (Lipinski definition) is 2. The number of aromatic amines is 2. The Labute approximate surface area is 103 Å². The number of H-pyrrole nitrogens is 2. The molecule has 1 unspecified atom stereocenters. The van der Waals surface area contributed by atoms with E-state index in [1.54, 1.807) is 12.1 Å². The fourth-order valence-electron chi connectivity index (χ4n) is 2.68. The normalized spacial score (nSPS) is 23.3. The fraction of sp³-hybridized carbons (Fsp3) is 0.308. The molecule has 4 nitrogen and oxygen atoms in total. The molecule has 0 spiro atoms. The highest BCUT2D eigenvalue weighted by molar-refractivity contribution is 5.41. The van der Waals surface area contributed by atoms with E-state index in [0.29, 0.717) is 6.54 Å². The maximum atomic E-state index is 13.0. The quantitative estimate of drug-likeness (QED) is 0.803. The first-order valence-electron chi connectivity index (χ1n) is 5.81. The average Bonchev–Trinajstić information content (AvgIpc) is 2.82. The molecular formula is C13H14FN3O. The van der Waals surface area contributed by atoms with Crippen LogP contribution in [0, 0.1) is 5.82 Å². The van der Waals surface area contributed by atoms with Crippen molar-refractivity contribution in [2.45, 2.75) is 19.0 Å². The van der Waals surface area contributed by atoms with Crippen molar-refractivity contribution in [3.8, 4) is 0 Å². The van der Waals surface area contributed by atoms with E-state index in [2.05, 4.69) is 15.1 Å². The van der Waals surface area contributed by atoms with Gasteiger partial charge in [0.2, 0.25) is 0 Å². The summed E-state index contributed by atoms with van der Waals surface area (Å²) in [5, 5.41) is 5.56. The summed E-state index contributed by atoms with van der Waals surface area (Å²) in [4.78, 5) is 13.7. The maximum absolute atomic E-state index is 13.0. The number of hydrogen-bond donors (Lipinski definition) is 2. The van der Waals surface area contributed by atoms with Crippen LogP contribution in [0.25, 0.3) is 0 Å². The molecule has 0 bridgehead atoms. The van der Waals surface area contributed by atoms with Gasteiger partial charge in [0, 0.05) is 6.54 Å². The van der Waals surface area contributed by atoms with Gasteiger partial charge in [0.15, 0.2) is 0 Å².